The molecule has 108 valence electrons. The first kappa shape index (κ1) is 13.7. The van der Waals surface area contributed by atoms with Crippen molar-refractivity contribution >= 4 is 16.3 Å². The van der Waals surface area contributed by atoms with E-state index in [4.69, 9.17) is 0 Å². The van der Waals surface area contributed by atoms with Gasteiger partial charge in [-0.2, -0.15) is 0 Å². The first-order chi connectivity index (χ1) is 9.54. The molecule has 6 heteroatoms. The van der Waals surface area contributed by atoms with Crippen molar-refractivity contribution in [2.45, 2.75) is 32.9 Å². The van der Waals surface area contributed by atoms with Gasteiger partial charge < -0.3 is 5.11 Å². The number of nitrogens with zero attached hydrogens (tertiary/aromatic N) is 3. The number of rotatable bonds is 3. The van der Waals surface area contributed by atoms with E-state index in [0.29, 0.717) is 12.5 Å². The number of aliphatic hydroxyl groups excluding tert-OH is 1. The summed E-state index contributed by atoms with van der Waals surface area (Å²) in [7, 11) is 0. The van der Waals surface area contributed by atoms with Gasteiger partial charge in [-0.1, -0.05) is 0 Å². The van der Waals surface area contributed by atoms with Gasteiger partial charge in [-0.15, -0.1) is 11.3 Å². The lowest BCUT2D eigenvalue weighted by molar-refractivity contribution is 0.127. The molecule has 2 unspecified atom stereocenters. The molecule has 3 rings (SSSR count). The highest BCUT2D eigenvalue weighted by atomic mass is 32.1. The van der Waals surface area contributed by atoms with Crippen molar-refractivity contribution in [2.75, 3.05) is 13.1 Å². The van der Waals surface area contributed by atoms with Gasteiger partial charge in [-0.25, -0.2) is 4.98 Å². The summed E-state index contributed by atoms with van der Waals surface area (Å²) >= 11 is 1.50. The topological polar surface area (TPSA) is 57.8 Å². The fraction of sp³-hybridized carbons (Fsp3) is 0.571. The summed E-state index contributed by atoms with van der Waals surface area (Å²) in [5.41, 5.74) is 1.75. The Morgan fingerprint density at radius 2 is 2.40 bits per heavy atom. The van der Waals surface area contributed by atoms with Gasteiger partial charge in [0.2, 0.25) is 0 Å². The van der Waals surface area contributed by atoms with Crippen molar-refractivity contribution in [3.05, 3.63) is 33.2 Å². The molecule has 0 aliphatic carbocycles. The second kappa shape index (κ2) is 5.27. The number of fused-ring (bicyclic) bond motifs is 1. The zero-order chi connectivity index (χ0) is 14.3. The van der Waals surface area contributed by atoms with Crippen LogP contribution in [0.5, 0.6) is 0 Å². The molecule has 0 bridgehead atoms. The van der Waals surface area contributed by atoms with Crippen LogP contribution in [-0.4, -0.2) is 38.6 Å². The van der Waals surface area contributed by atoms with Crippen LogP contribution in [0.2, 0.25) is 0 Å². The molecule has 2 atom stereocenters. The first-order valence-corrected chi connectivity index (χ1v) is 7.80. The van der Waals surface area contributed by atoms with Gasteiger partial charge in [0.15, 0.2) is 4.96 Å². The number of thiazole rings is 1. The highest BCUT2D eigenvalue weighted by molar-refractivity contribution is 7.15. The molecule has 2 aromatic rings. The van der Waals surface area contributed by atoms with Gasteiger partial charge in [-0.3, -0.25) is 14.1 Å². The van der Waals surface area contributed by atoms with Crippen LogP contribution in [0.1, 0.15) is 24.7 Å². The molecule has 0 radical (unpaired) electrons. The molecule has 2 aromatic heterocycles. The molecule has 20 heavy (non-hydrogen) atoms. The van der Waals surface area contributed by atoms with E-state index in [-0.39, 0.29) is 11.7 Å². The summed E-state index contributed by atoms with van der Waals surface area (Å²) in [6.45, 7) is 6.29. The van der Waals surface area contributed by atoms with Gasteiger partial charge in [-0.05, 0) is 32.7 Å². The average molecular weight is 293 g/mol. The van der Waals surface area contributed by atoms with Gasteiger partial charge in [0.25, 0.3) is 5.56 Å². The van der Waals surface area contributed by atoms with E-state index in [1.807, 2.05) is 19.2 Å². The van der Waals surface area contributed by atoms with E-state index in [1.54, 1.807) is 10.5 Å². The average Bonchev–Trinajstić information content (AvgIpc) is 2.97. The quantitative estimate of drug-likeness (QED) is 0.926. The van der Waals surface area contributed by atoms with Gasteiger partial charge in [0.05, 0.1) is 11.8 Å². The predicted octanol–water partition coefficient (Wildman–Crippen LogP) is 1.27. The van der Waals surface area contributed by atoms with Crippen LogP contribution >= 0.6 is 11.3 Å². The van der Waals surface area contributed by atoms with E-state index in [9.17, 15) is 9.90 Å². The number of likely N-dealkylation sites (tertiary alicyclic amines) is 1. The first-order valence-electron chi connectivity index (χ1n) is 6.92. The Labute approximate surface area is 121 Å². The smallest absolute Gasteiger partial charge is 0.259 e. The van der Waals surface area contributed by atoms with Crippen LogP contribution in [0.25, 0.3) is 4.96 Å². The Kier molecular flexibility index (Phi) is 3.62. The number of aliphatic hydroxyl groups is 1. The molecule has 3 heterocycles. The zero-order valence-corrected chi connectivity index (χ0v) is 12.6. The monoisotopic (exact) mass is 293 g/mol. The predicted molar refractivity (Wildman–Crippen MR) is 79.1 cm³/mol. The Morgan fingerprint density at radius 3 is 3.10 bits per heavy atom. The fourth-order valence-electron chi connectivity index (χ4n) is 2.81. The summed E-state index contributed by atoms with van der Waals surface area (Å²) in [5, 5.41) is 11.6. The van der Waals surface area contributed by atoms with Crippen LogP contribution in [-0.2, 0) is 6.54 Å². The van der Waals surface area contributed by atoms with E-state index in [0.717, 1.165) is 35.9 Å². The molecular formula is C14H19N3O2S. The van der Waals surface area contributed by atoms with Crippen molar-refractivity contribution in [1.29, 1.82) is 0 Å². The van der Waals surface area contributed by atoms with E-state index >= 15 is 0 Å². The lowest BCUT2D eigenvalue weighted by Crippen LogP contribution is -2.25. The molecule has 0 aromatic carbocycles. The zero-order valence-electron chi connectivity index (χ0n) is 11.7. The fourth-order valence-corrected chi connectivity index (χ4v) is 3.70. The summed E-state index contributed by atoms with van der Waals surface area (Å²) in [5.74, 6) is 0.337. The number of aromatic nitrogens is 2. The highest BCUT2D eigenvalue weighted by Crippen LogP contribution is 2.21. The molecule has 0 saturated carbocycles. The molecule has 1 N–H and O–H groups in total. The standard InChI is InChI=1S/C14H19N3O2S/c1-9-8-20-14-15-12(5-13(19)17(9)14)7-16-4-3-11(6-16)10(2)18/h5,8,10-11,18H,3-4,6-7H2,1-2H3. The number of hydrogen-bond donors (Lipinski definition) is 1. The van der Waals surface area contributed by atoms with Crippen LogP contribution in [0.4, 0.5) is 0 Å². The molecule has 0 spiro atoms. The van der Waals surface area contributed by atoms with Crippen molar-refractivity contribution in [2.24, 2.45) is 5.92 Å². The van der Waals surface area contributed by atoms with Crippen molar-refractivity contribution in [3.8, 4) is 0 Å². The lowest BCUT2D eigenvalue weighted by atomic mass is 10.0. The van der Waals surface area contributed by atoms with Crippen LogP contribution in [0.15, 0.2) is 16.2 Å². The molecular weight excluding hydrogens is 274 g/mol. The minimum atomic E-state index is -0.263. The molecule has 1 saturated heterocycles. The Bertz CT molecular complexity index is 677. The largest absolute Gasteiger partial charge is 0.393 e. The van der Waals surface area contributed by atoms with Gasteiger partial charge in [0, 0.05) is 30.2 Å². The minimum Gasteiger partial charge on any atom is -0.393 e. The SMILES string of the molecule is Cc1csc2nc(CN3CCC(C(C)O)C3)cc(=O)n12. The summed E-state index contributed by atoms with van der Waals surface area (Å²) < 4.78 is 1.65. The van der Waals surface area contributed by atoms with Crippen molar-refractivity contribution < 1.29 is 5.11 Å². The van der Waals surface area contributed by atoms with E-state index in [2.05, 4.69) is 9.88 Å². The Morgan fingerprint density at radius 1 is 1.60 bits per heavy atom. The third-order valence-electron chi connectivity index (χ3n) is 4.01. The highest BCUT2D eigenvalue weighted by Gasteiger charge is 2.26. The minimum absolute atomic E-state index is 0.00461. The van der Waals surface area contributed by atoms with Gasteiger partial charge >= 0.3 is 0 Å². The maximum atomic E-state index is 12.1. The van der Waals surface area contributed by atoms with E-state index in [1.165, 1.54) is 11.3 Å². The number of hydrogen-bond acceptors (Lipinski definition) is 5. The second-order valence-electron chi connectivity index (χ2n) is 5.61. The maximum Gasteiger partial charge on any atom is 0.259 e. The van der Waals surface area contributed by atoms with E-state index < -0.39 is 0 Å². The summed E-state index contributed by atoms with van der Waals surface area (Å²) in [6, 6.07) is 1.63. The molecule has 1 aliphatic heterocycles. The third-order valence-corrected chi connectivity index (χ3v) is 4.95. The summed E-state index contributed by atoms with van der Waals surface area (Å²) in [4.78, 5) is 19.7. The molecule has 1 aliphatic rings. The lowest BCUT2D eigenvalue weighted by Gasteiger charge is -2.16. The second-order valence-corrected chi connectivity index (χ2v) is 6.44. The summed E-state index contributed by atoms with van der Waals surface area (Å²) in [6.07, 6.45) is 0.748. The third kappa shape index (κ3) is 2.51. The van der Waals surface area contributed by atoms with Crippen molar-refractivity contribution in [3.63, 3.8) is 0 Å². The molecule has 1 fully saturated rings. The number of aryl methyl sites for hydroxylation is 1. The molecule has 0 amide bonds. The van der Waals surface area contributed by atoms with Gasteiger partial charge in [0.1, 0.15) is 0 Å². The van der Waals surface area contributed by atoms with Crippen LogP contribution in [0, 0.1) is 12.8 Å². The van der Waals surface area contributed by atoms with Crippen LogP contribution in [0.3, 0.4) is 0 Å². The van der Waals surface area contributed by atoms with Crippen LogP contribution < -0.4 is 5.56 Å². The molecule has 5 nitrogen and oxygen atoms in total. The maximum absolute atomic E-state index is 12.1. The Balaban J connectivity index is 1.80. The van der Waals surface area contributed by atoms with Crippen molar-refractivity contribution in [1.82, 2.24) is 14.3 Å². The Hall–Kier alpha value is -1.24. The normalized spacial score (nSPS) is 21.6.